The van der Waals surface area contributed by atoms with Crippen molar-refractivity contribution in [2.24, 2.45) is 0 Å². The third-order valence-electron chi connectivity index (χ3n) is 5.76. The summed E-state index contributed by atoms with van der Waals surface area (Å²) in [4.78, 5) is 0. The van der Waals surface area contributed by atoms with Gasteiger partial charge < -0.3 is 0 Å². The summed E-state index contributed by atoms with van der Waals surface area (Å²) in [5.74, 6) is 0. The molecule has 0 nitrogen and oxygen atoms in total. The second-order valence-electron chi connectivity index (χ2n) is 7.70. The van der Waals surface area contributed by atoms with E-state index in [1.54, 1.807) is 0 Å². The highest BCUT2D eigenvalue weighted by atomic mass is 14.4. The summed E-state index contributed by atoms with van der Waals surface area (Å²) in [7, 11) is 0. The fourth-order valence-corrected chi connectivity index (χ4v) is 4.42. The fraction of sp³-hybridized carbons (Fsp3) is 0.172. The van der Waals surface area contributed by atoms with Crippen LogP contribution in [0.2, 0.25) is 0 Å². The zero-order valence-electron chi connectivity index (χ0n) is 17.0. The number of hydrogen-bond acceptors (Lipinski definition) is 0. The molecule has 0 heterocycles. The van der Waals surface area contributed by atoms with Crippen LogP contribution < -0.4 is 0 Å². The van der Waals surface area contributed by atoms with Crippen molar-refractivity contribution < 1.29 is 0 Å². The molecule has 0 saturated carbocycles. The van der Waals surface area contributed by atoms with Crippen molar-refractivity contribution in [3.8, 4) is 11.1 Å². The maximum atomic E-state index is 3.71. The van der Waals surface area contributed by atoms with Crippen LogP contribution in [0.1, 0.15) is 36.5 Å². The van der Waals surface area contributed by atoms with Crippen molar-refractivity contribution in [1.29, 1.82) is 0 Å². The highest BCUT2D eigenvalue weighted by Gasteiger charge is 2.33. The Morgan fingerprint density at radius 2 is 1.17 bits per heavy atom. The quantitative estimate of drug-likeness (QED) is 0.314. The smallest absolute Gasteiger partial charge is 0.0243 e. The third kappa shape index (κ3) is 4.17. The molecule has 143 valence electrons. The largest absolute Gasteiger partial charge is 0.0653 e. The van der Waals surface area contributed by atoms with Crippen molar-refractivity contribution in [1.82, 2.24) is 0 Å². The summed E-state index contributed by atoms with van der Waals surface area (Å²) >= 11 is 0. The molecule has 0 aliphatic carbocycles. The number of rotatable bonds is 7. The summed E-state index contributed by atoms with van der Waals surface area (Å²) in [6, 6.07) is 42.8. The van der Waals surface area contributed by atoms with Crippen LogP contribution in [-0.2, 0) is 11.8 Å². The molecule has 4 aromatic carbocycles. The molecule has 0 aromatic heterocycles. The summed E-state index contributed by atoms with van der Waals surface area (Å²) in [5.41, 5.74) is 6.35. The van der Waals surface area contributed by atoms with Crippen LogP contribution in [0.25, 0.3) is 11.1 Å². The third-order valence-corrected chi connectivity index (χ3v) is 5.76. The van der Waals surface area contributed by atoms with Gasteiger partial charge in [-0.1, -0.05) is 123 Å². The minimum atomic E-state index is -0.0525. The molecule has 0 aliphatic rings. The molecule has 0 N–H and O–H groups in total. The Balaban J connectivity index is 1.81. The fourth-order valence-electron chi connectivity index (χ4n) is 4.42. The molecule has 0 saturated heterocycles. The molecular formula is C29H27. The highest BCUT2D eigenvalue weighted by Crippen LogP contribution is 2.40. The molecule has 0 fully saturated rings. The SMILES string of the molecule is CCCC(Cc1[c]c(-c2ccccc2)ccc1)(c1ccccc1)c1ccccc1. The lowest BCUT2D eigenvalue weighted by Crippen LogP contribution is -2.30. The van der Waals surface area contributed by atoms with E-state index in [0.29, 0.717) is 0 Å². The lowest BCUT2D eigenvalue weighted by molar-refractivity contribution is 0.462. The Bertz CT molecular complexity index is 978. The van der Waals surface area contributed by atoms with Gasteiger partial charge in [0.2, 0.25) is 0 Å². The molecule has 0 spiro atoms. The van der Waals surface area contributed by atoms with E-state index in [-0.39, 0.29) is 5.41 Å². The topological polar surface area (TPSA) is 0 Å². The molecule has 0 amide bonds. The Morgan fingerprint density at radius 3 is 1.72 bits per heavy atom. The van der Waals surface area contributed by atoms with Crippen LogP contribution in [0, 0.1) is 6.07 Å². The first-order chi connectivity index (χ1) is 14.3. The molecule has 4 aromatic rings. The molecule has 0 aliphatic heterocycles. The summed E-state index contributed by atoms with van der Waals surface area (Å²) in [6.45, 7) is 2.28. The molecule has 0 bridgehead atoms. The average Bonchev–Trinajstić information content (AvgIpc) is 2.81. The number of hydrogen-bond donors (Lipinski definition) is 0. The van der Waals surface area contributed by atoms with Gasteiger partial charge in [0.25, 0.3) is 0 Å². The molecular weight excluding hydrogens is 348 g/mol. The van der Waals surface area contributed by atoms with Gasteiger partial charge in [-0.05, 0) is 46.7 Å². The van der Waals surface area contributed by atoms with Gasteiger partial charge in [-0.3, -0.25) is 0 Å². The van der Waals surface area contributed by atoms with Gasteiger partial charge in [-0.25, -0.2) is 0 Å². The molecule has 29 heavy (non-hydrogen) atoms. The predicted octanol–water partition coefficient (Wildman–Crippen LogP) is 7.48. The van der Waals surface area contributed by atoms with Gasteiger partial charge in [-0.15, -0.1) is 0 Å². The monoisotopic (exact) mass is 375 g/mol. The van der Waals surface area contributed by atoms with Crippen LogP contribution in [-0.4, -0.2) is 0 Å². The van der Waals surface area contributed by atoms with Crippen LogP contribution in [0.5, 0.6) is 0 Å². The van der Waals surface area contributed by atoms with E-state index >= 15 is 0 Å². The van der Waals surface area contributed by atoms with E-state index < -0.39 is 0 Å². The van der Waals surface area contributed by atoms with Gasteiger partial charge in [-0.2, -0.15) is 0 Å². The minimum absolute atomic E-state index is 0.0525. The Labute approximate surface area is 174 Å². The van der Waals surface area contributed by atoms with Gasteiger partial charge in [0, 0.05) is 5.41 Å². The van der Waals surface area contributed by atoms with Crippen molar-refractivity contribution in [3.05, 3.63) is 132 Å². The first kappa shape index (κ1) is 19.2. The lowest BCUT2D eigenvalue weighted by atomic mass is 9.67. The maximum Gasteiger partial charge on any atom is 0.0243 e. The van der Waals surface area contributed by atoms with Crippen LogP contribution in [0.4, 0.5) is 0 Å². The average molecular weight is 376 g/mol. The van der Waals surface area contributed by atoms with E-state index in [1.807, 2.05) is 0 Å². The molecule has 0 heteroatoms. The standard InChI is InChI=1S/C29H27/c1-2-21-29(27-17-8-4-9-18-27,28-19-10-5-11-20-28)23-24-13-12-16-26(22-24)25-14-6-3-7-15-25/h3-20H,2,21,23H2,1H3. The predicted molar refractivity (Wildman–Crippen MR) is 123 cm³/mol. The zero-order valence-corrected chi connectivity index (χ0v) is 17.0. The van der Waals surface area contributed by atoms with Crippen molar-refractivity contribution >= 4 is 0 Å². The maximum absolute atomic E-state index is 3.71. The van der Waals surface area contributed by atoms with Crippen molar-refractivity contribution in [3.63, 3.8) is 0 Å². The summed E-state index contributed by atoms with van der Waals surface area (Å²) < 4.78 is 0. The number of benzene rings is 4. The molecule has 4 rings (SSSR count). The van der Waals surface area contributed by atoms with E-state index in [2.05, 4.69) is 122 Å². The van der Waals surface area contributed by atoms with Gasteiger partial charge in [0.15, 0.2) is 0 Å². The first-order valence-corrected chi connectivity index (χ1v) is 10.5. The van der Waals surface area contributed by atoms with Crippen LogP contribution in [0.3, 0.4) is 0 Å². The van der Waals surface area contributed by atoms with E-state index in [0.717, 1.165) is 24.8 Å². The highest BCUT2D eigenvalue weighted by molar-refractivity contribution is 5.63. The lowest BCUT2D eigenvalue weighted by Gasteiger charge is -2.35. The van der Waals surface area contributed by atoms with Gasteiger partial charge in [0.05, 0.1) is 0 Å². The Kier molecular flexibility index (Phi) is 5.91. The molecule has 0 unspecified atom stereocenters. The van der Waals surface area contributed by atoms with E-state index in [4.69, 9.17) is 0 Å². The second-order valence-corrected chi connectivity index (χ2v) is 7.70. The van der Waals surface area contributed by atoms with Crippen LogP contribution >= 0.6 is 0 Å². The minimum Gasteiger partial charge on any atom is -0.0653 e. The van der Waals surface area contributed by atoms with Crippen molar-refractivity contribution in [2.75, 3.05) is 0 Å². The van der Waals surface area contributed by atoms with E-state index in [1.165, 1.54) is 22.3 Å². The Hall–Kier alpha value is -3.12. The van der Waals surface area contributed by atoms with Gasteiger partial charge in [0.1, 0.15) is 0 Å². The zero-order chi connectivity index (χ0) is 19.9. The summed E-state index contributed by atoms with van der Waals surface area (Å²) in [5, 5.41) is 0. The normalized spacial score (nSPS) is 11.3. The Morgan fingerprint density at radius 1 is 0.621 bits per heavy atom. The second kappa shape index (κ2) is 8.92. The molecule has 1 radical (unpaired) electrons. The summed E-state index contributed by atoms with van der Waals surface area (Å²) in [6.07, 6.45) is 3.17. The van der Waals surface area contributed by atoms with Gasteiger partial charge >= 0.3 is 0 Å². The van der Waals surface area contributed by atoms with Crippen LogP contribution in [0.15, 0.2) is 109 Å². The molecule has 0 atom stereocenters. The van der Waals surface area contributed by atoms with E-state index in [9.17, 15) is 0 Å². The first-order valence-electron chi connectivity index (χ1n) is 10.5. The van der Waals surface area contributed by atoms with Crippen molar-refractivity contribution in [2.45, 2.75) is 31.6 Å².